The molecule has 0 N–H and O–H groups in total. The lowest BCUT2D eigenvalue weighted by Gasteiger charge is -2.11. The molecule has 3 nitrogen and oxygen atoms in total. The second-order valence-electron chi connectivity index (χ2n) is 1.54. The van der Waals surface area contributed by atoms with Crippen LogP contribution in [0.3, 0.4) is 0 Å². The molecule has 54 valence electrons. The minimum Gasteiger partial charge on any atom is -0.261 e. The lowest BCUT2D eigenvalue weighted by Crippen LogP contribution is -2.17. The molecule has 0 aromatic rings. The molecular formula is C6H14N2O. The van der Waals surface area contributed by atoms with Crippen molar-refractivity contribution < 1.29 is 8.22 Å². The molecule has 0 saturated heterocycles. The molecule has 0 atom stereocenters. The third kappa shape index (κ3) is 3.94. The van der Waals surface area contributed by atoms with E-state index >= 15 is 0 Å². The second-order valence-corrected chi connectivity index (χ2v) is 1.54. The first kappa shape index (κ1) is 2.56. The van der Waals surface area contributed by atoms with Gasteiger partial charge in [0.25, 0.3) is 0 Å². The van der Waals surface area contributed by atoms with Gasteiger partial charge in [-0.15, -0.1) is 4.91 Å². The molecule has 0 aliphatic heterocycles. The quantitative estimate of drug-likeness (QED) is 0.426. The molecule has 0 bridgehead atoms. The number of hydrogen-bond acceptors (Lipinski definition) is 2. The van der Waals surface area contributed by atoms with Crippen LogP contribution in [0.25, 0.3) is 0 Å². The van der Waals surface area contributed by atoms with Gasteiger partial charge in [0, 0.05) is 21.3 Å². The minimum atomic E-state index is -2.12. The largest absolute Gasteiger partial charge is 0.261 e. The zero-order valence-corrected chi connectivity index (χ0v) is 5.13. The standard InChI is InChI=1S/C6H14N2O/c1-3-5-8(7-9)6-4-2/h3-6H2,1-2H3/i1D3,2D3. The van der Waals surface area contributed by atoms with E-state index in [1.807, 2.05) is 0 Å². The van der Waals surface area contributed by atoms with Gasteiger partial charge in [-0.25, -0.2) is 0 Å². The summed E-state index contributed by atoms with van der Waals surface area (Å²) in [5, 5.41) is 3.51. The molecule has 0 rings (SSSR count). The van der Waals surface area contributed by atoms with Crippen molar-refractivity contribution in [3.63, 3.8) is 0 Å². The normalized spacial score (nSPS) is 21.8. The van der Waals surface area contributed by atoms with Crippen molar-refractivity contribution in [2.45, 2.75) is 26.5 Å². The smallest absolute Gasteiger partial charge is 0.0523 e. The van der Waals surface area contributed by atoms with Gasteiger partial charge in [-0.1, -0.05) is 13.7 Å². The Balaban J connectivity index is 3.89. The van der Waals surface area contributed by atoms with Crippen LogP contribution in [-0.2, 0) is 0 Å². The van der Waals surface area contributed by atoms with Crippen molar-refractivity contribution >= 4 is 0 Å². The van der Waals surface area contributed by atoms with Crippen molar-refractivity contribution in [2.24, 2.45) is 5.29 Å². The lowest BCUT2D eigenvalue weighted by molar-refractivity contribution is 0.285. The maximum Gasteiger partial charge on any atom is 0.0523 e. The van der Waals surface area contributed by atoms with Gasteiger partial charge >= 0.3 is 0 Å². The van der Waals surface area contributed by atoms with E-state index < -0.39 is 13.7 Å². The summed E-state index contributed by atoms with van der Waals surface area (Å²) in [6, 6.07) is 0. The summed E-state index contributed by atoms with van der Waals surface area (Å²) in [5.41, 5.74) is 0. The molecule has 0 saturated carbocycles. The SMILES string of the molecule is [2H]C([2H])([2H])CCN(CCC([2H])([2H])[2H])N=O. The highest BCUT2D eigenvalue weighted by molar-refractivity contribution is 4.46. The number of nitroso groups, excluding NO2 is 1. The van der Waals surface area contributed by atoms with Gasteiger partial charge in [0.05, 0.1) is 5.29 Å². The van der Waals surface area contributed by atoms with E-state index in [9.17, 15) is 4.91 Å². The Morgan fingerprint density at radius 3 is 2.33 bits per heavy atom. The first-order valence-corrected chi connectivity index (χ1v) is 2.72. The highest BCUT2D eigenvalue weighted by Crippen LogP contribution is 1.92. The van der Waals surface area contributed by atoms with Gasteiger partial charge in [-0.3, -0.25) is 5.01 Å². The van der Waals surface area contributed by atoms with E-state index in [-0.39, 0.29) is 25.9 Å². The van der Waals surface area contributed by atoms with Crippen LogP contribution in [0.15, 0.2) is 5.29 Å². The van der Waals surface area contributed by atoms with Gasteiger partial charge in [0.1, 0.15) is 0 Å². The lowest BCUT2D eigenvalue weighted by atomic mass is 10.4. The Kier molecular flexibility index (Phi) is 1.58. The predicted octanol–water partition coefficient (Wildman–Crippen LogP) is 1.79. The highest BCUT2D eigenvalue weighted by Gasteiger charge is 1.96. The van der Waals surface area contributed by atoms with Crippen molar-refractivity contribution in [1.29, 1.82) is 0 Å². The van der Waals surface area contributed by atoms with E-state index in [1.54, 1.807) is 0 Å². The average molecular weight is 136 g/mol. The van der Waals surface area contributed by atoms with Crippen molar-refractivity contribution in [2.75, 3.05) is 13.1 Å². The number of nitrogens with zero attached hydrogens (tertiary/aromatic N) is 2. The number of rotatable bonds is 5. The van der Waals surface area contributed by atoms with Crippen LogP contribution in [-0.4, -0.2) is 18.1 Å². The molecule has 0 heterocycles. The summed E-state index contributed by atoms with van der Waals surface area (Å²) in [5.74, 6) is 0. The van der Waals surface area contributed by atoms with Crippen LogP contribution in [0, 0.1) is 4.91 Å². The van der Waals surface area contributed by atoms with Gasteiger partial charge in [0.2, 0.25) is 0 Å². The molecule has 9 heavy (non-hydrogen) atoms. The zero-order valence-electron chi connectivity index (χ0n) is 11.1. The Bertz CT molecular complexity index is 183. The van der Waals surface area contributed by atoms with E-state index in [2.05, 4.69) is 5.29 Å². The Labute approximate surface area is 64.4 Å². The second kappa shape index (κ2) is 5.54. The fraction of sp³-hybridized carbons (Fsp3) is 1.00. The summed E-state index contributed by atoms with van der Waals surface area (Å²) < 4.78 is 41.4. The molecular weight excluding hydrogens is 116 g/mol. The molecule has 0 spiro atoms. The minimum absolute atomic E-state index is 0.0456. The van der Waals surface area contributed by atoms with E-state index in [0.29, 0.717) is 0 Å². The molecule has 0 aliphatic rings. The molecule has 0 unspecified atom stereocenters. The first-order chi connectivity index (χ1) is 6.64. The molecule has 0 aromatic carbocycles. The topological polar surface area (TPSA) is 32.7 Å². The monoisotopic (exact) mass is 136 g/mol. The van der Waals surface area contributed by atoms with Gasteiger partial charge in [-0.05, 0) is 12.8 Å². The Morgan fingerprint density at radius 2 is 2.00 bits per heavy atom. The maximum absolute atomic E-state index is 10.2. The zero-order chi connectivity index (χ0) is 12.1. The third-order valence-corrected chi connectivity index (χ3v) is 0.855. The Hall–Kier alpha value is -0.600. The summed E-state index contributed by atoms with van der Waals surface area (Å²) in [4.78, 5) is 10.2. The van der Waals surface area contributed by atoms with Crippen LogP contribution in [0.4, 0.5) is 0 Å². The highest BCUT2D eigenvalue weighted by atomic mass is 16.3. The Morgan fingerprint density at radius 1 is 1.44 bits per heavy atom. The van der Waals surface area contributed by atoms with Crippen molar-refractivity contribution in [3.05, 3.63) is 4.91 Å². The van der Waals surface area contributed by atoms with Crippen LogP contribution in [0.5, 0.6) is 0 Å². The van der Waals surface area contributed by atoms with Crippen LogP contribution in [0.2, 0.25) is 0 Å². The molecule has 0 amide bonds. The van der Waals surface area contributed by atoms with Crippen LogP contribution >= 0.6 is 0 Å². The predicted molar refractivity (Wildman–Crippen MR) is 38.0 cm³/mol. The van der Waals surface area contributed by atoms with Gasteiger partial charge < -0.3 is 0 Å². The summed E-state index contributed by atoms with van der Waals surface area (Å²) in [6.45, 7) is -4.34. The molecule has 0 radical (unpaired) electrons. The molecule has 0 aromatic heterocycles. The third-order valence-electron chi connectivity index (χ3n) is 0.855. The van der Waals surface area contributed by atoms with Gasteiger partial charge in [-0.2, -0.15) is 0 Å². The van der Waals surface area contributed by atoms with E-state index in [4.69, 9.17) is 8.22 Å². The van der Waals surface area contributed by atoms with E-state index in [0.717, 1.165) is 5.01 Å². The van der Waals surface area contributed by atoms with Crippen LogP contribution in [0.1, 0.15) is 34.8 Å². The summed E-state index contributed by atoms with van der Waals surface area (Å²) in [7, 11) is 0. The molecule has 0 aliphatic carbocycles. The fourth-order valence-electron chi connectivity index (χ4n) is 0.452. The number of hydrogen-bond donors (Lipinski definition) is 0. The van der Waals surface area contributed by atoms with Crippen molar-refractivity contribution in [1.82, 2.24) is 5.01 Å². The molecule has 3 heteroatoms. The first-order valence-electron chi connectivity index (χ1n) is 5.72. The fourth-order valence-corrected chi connectivity index (χ4v) is 0.452. The van der Waals surface area contributed by atoms with E-state index in [1.165, 1.54) is 0 Å². The summed E-state index contributed by atoms with van der Waals surface area (Å²) in [6.07, 6.45) is -0.362. The van der Waals surface area contributed by atoms with Crippen LogP contribution < -0.4 is 0 Å². The maximum atomic E-state index is 10.2. The summed E-state index contributed by atoms with van der Waals surface area (Å²) >= 11 is 0. The van der Waals surface area contributed by atoms with Crippen molar-refractivity contribution in [3.8, 4) is 0 Å². The van der Waals surface area contributed by atoms with Gasteiger partial charge in [0.15, 0.2) is 0 Å². The average Bonchev–Trinajstić information content (AvgIpc) is 2.00. The molecule has 0 fully saturated rings.